The van der Waals surface area contributed by atoms with Gasteiger partial charge in [0.1, 0.15) is 0 Å². The topological polar surface area (TPSA) is 35.5 Å². The van der Waals surface area contributed by atoms with Gasteiger partial charge in [0, 0.05) is 0 Å². The molecular weight excluding hydrogens is 393 g/mol. The molecule has 0 aliphatic carbocycles. The predicted octanol–water partition coefficient (Wildman–Crippen LogP) is 7.16. The van der Waals surface area contributed by atoms with Crippen molar-refractivity contribution in [3.63, 3.8) is 0 Å². The Morgan fingerprint density at radius 2 is 1.05 bits per heavy atom. The number of carbonyl (C=O) groups excluding carboxylic acids is 1. The van der Waals surface area contributed by atoms with Gasteiger partial charge in [-0.2, -0.15) is 0 Å². The molecule has 0 unspecified atom stereocenters. The van der Waals surface area contributed by atoms with Gasteiger partial charge in [-0.05, 0) is 69.6 Å². The number of unbranched alkanes of at least 4 members (excludes halogenated alkanes) is 5. The Kier molecular flexibility index (Phi) is 14.6. The van der Waals surface area contributed by atoms with Gasteiger partial charge in [0.2, 0.25) is 0 Å². The van der Waals surface area contributed by atoms with Crippen LogP contribution in [0.3, 0.4) is 0 Å². The predicted molar refractivity (Wildman–Crippen MR) is 87.2 cm³/mol. The molecule has 0 saturated carbocycles. The van der Waals surface area contributed by atoms with Crippen molar-refractivity contribution in [2.75, 3.05) is 0 Å². The van der Waals surface area contributed by atoms with Gasteiger partial charge >= 0.3 is 14.1 Å². The van der Waals surface area contributed by atoms with E-state index in [1.54, 1.807) is 0 Å². The van der Waals surface area contributed by atoms with Gasteiger partial charge in [0.15, 0.2) is 0 Å². The molecule has 0 fully saturated rings. The van der Waals surface area contributed by atoms with Crippen molar-refractivity contribution in [1.29, 1.82) is 0 Å². The second-order valence-corrected chi connectivity index (χ2v) is 8.11. The second-order valence-electron chi connectivity index (χ2n) is 3.76. The summed E-state index contributed by atoms with van der Waals surface area (Å²) in [6, 6.07) is 0. The first kappa shape index (κ1) is 23.3. The van der Waals surface area contributed by atoms with E-state index in [9.17, 15) is 4.79 Å². The maximum Gasteiger partial charge on any atom is 0.515 e. The number of hydrogen-bond donors (Lipinski definition) is 0. The fourth-order valence-corrected chi connectivity index (χ4v) is 1.44. The molecule has 0 aromatic carbocycles. The molecule has 3 nitrogen and oxygen atoms in total. The van der Waals surface area contributed by atoms with Crippen molar-refractivity contribution in [3.8, 4) is 0 Å². The average molecular weight is 411 g/mol. The van der Waals surface area contributed by atoms with E-state index in [2.05, 4.69) is 23.3 Å². The van der Waals surface area contributed by atoms with E-state index in [1.165, 1.54) is 38.5 Å². The van der Waals surface area contributed by atoms with Gasteiger partial charge in [0.25, 0.3) is 0 Å². The van der Waals surface area contributed by atoms with Crippen LogP contribution in [0.4, 0.5) is 4.79 Å². The number of rotatable bonds is 5. The summed E-state index contributed by atoms with van der Waals surface area (Å²) in [6.07, 6.45) is 7.08. The molecule has 0 atom stereocenters. The lowest BCUT2D eigenvalue weighted by molar-refractivity contribution is 0.0508. The van der Waals surface area contributed by atoms with E-state index < -0.39 is 14.1 Å². The Morgan fingerprint density at radius 3 is 1.25 bits per heavy atom. The van der Waals surface area contributed by atoms with Crippen LogP contribution in [-0.2, 0) is 9.47 Å². The molecule has 0 radical (unpaired) electrons. The Hall–Kier alpha value is 1.01. The molecule has 0 aromatic heterocycles. The molecule has 0 saturated heterocycles. The summed E-state index contributed by atoms with van der Waals surface area (Å²) in [5, 5.41) is 0. The van der Waals surface area contributed by atoms with Crippen LogP contribution in [0.25, 0.3) is 0 Å². The number of ether oxygens (including phenoxy) is 2. The van der Waals surface area contributed by atoms with E-state index in [0.29, 0.717) is 0 Å². The van der Waals surface area contributed by atoms with Gasteiger partial charge in [-0.25, -0.2) is 4.79 Å². The zero-order valence-corrected chi connectivity index (χ0v) is 15.8. The normalized spacial score (nSPS) is 11.4. The van der Waals surface area contributed by atoms with Crippen LogP contribution in [0.1, 0.15) is 52.4 Å². The summed E-state index contributed by atoms with van der Waals surface area (Å²) < 4.78 is 3.50. The van der Waals surface area contributed by atoms with Crippen molar-refractivity contribution in [3.05, 3.63) is 0 Å². The monoisotopic (exact) mass is 408 g/mol. The lowest BCUT2D eigenvalue weighted by Crippen LogP contribution is -2.22. The van der Waals surface area contributed by atoms with Crippen molar-refractivity contribution >= 4 is 75.8 Å². The van der Waals surface area contributed by atoms with E-state index in [4.69, 9.17) is 69.6 Å². The minimum Gasteiger partial charge on any atom is -0.382 e. The maximum absolute atomic E-state index is 10.5. The van der Waals surface area contributed by atoms with Crippen LogP contribution in [-0.4, -0.2) is 14.1 Å². The highest BCUT2D eigenvalue weighted by Gasteiger charge is 2.32. The molecule has 0 spiro atoms. The standard InChI is InChI=1S/C8H18.C3Cl6O3/c1-3-5-7-8-6-4-2;4-2(5,6)11-1(10)12-3(7,8)9/h3-8H2,1-2H3;. The summed E-state index contributed by atoms with van der Waals surface area (Å²) in [4.78, 5) is 10.5. The first-order chi connectivity index (χ1) is 9.02. The zero-order chi connectivity index (χ0) is 16.2. The van der Waals surface area contributed by atoms with Crippen LogP contribution in [0.2, 0.25) is 0 Å². The molecule has 0 rings (SSSR count). The molecule has 0 aliphatic heterocycles. The third-order valence-corrected chi connectivity index (χ3v) is 2.32. The van der Waals surface area contributed by atoms with E-state index in [1.807, 2.05) is 0 Å². The average Bonchev–Trinajstić information content (AvgIpc) is 2.20. The number of carbonyl (C=O) groups is 1. The molecular formula is C11H18Cl6O3. The Balaban J connectivity index is 0. The van der Waals surface area contributed by atoms with Gasteiger partial charge in [-0.15, -0.1) is 0 Å². The third kappa shape index (κ3) is 24.1. The summed E-state index contributed by atoms with van der Waals surface area (Å²) in [5.41, 5.74) is 0. The van der Waals surface area contributed by atoms with Crippen molar-refractivity contribution in [2.45, 2.75) is 60.3 Å². The van der Waals surface area contributed by atoms with Crippen LogP contribution in [0.15, 0.2) is 0 Å². The zero-order valence-electron chi connectivity index (χ0n) is 11.2. The SMILES string of the molecule is CCCCCCCC.O=C(OC(Cl)(Cl)Cl)OC(Cl)(Cl)Cl. The molecule has 0 bridgehead atoms. The minimum absolute atomic E-state index is 1.36. The molecule has 0 aromatic rings. The first-order valence-corrected chi connectivity index (χ1v) is 8.34. The van der Waals surface area contributed by atoms with E-state index >= 15 is 0 Å². The van der Waals surface area contributed by atoms with Crippen LogP contribution in [0, 0.1) is 0 Å². The third-order valence-electron chi connectivity index (χ3n) is 1.86. The van der Waals surface area contributed by atoms with Crippen LogP contribution >= 0.6 is 69.6 Å². The van der Waals surface area contributed by atoms with Crippen molar-refractivity contribution in [1.82, 2.24) is 0 Å². The highest BCUT2D eigenvalue weighted by molar-refractivity contribution is 6.67. The van der Waals surface area contributed by atoms with E-state index in [-0.39, 0.29) is 0 Å². The first-order valence-electron chi connectivity index (χ1n) is 6.07. The molecule has 9 heteroatoms. The molecule has 20 heavy (non-hydrogen) atoms. The molecule has 0 heterocycles. The number of alkyl halides is 6. The maximum atomic E-state index is 10.5. The Morgan fingerprint density at radius 1 is 0.750 bits per heavy atom. The highest BCUT2D eigenvalue weighted by atomic mass is 35.6. The summed E-state index contributed by atoms with van der Waals surface area (Å²) in [7, 11) is 0. The summed E-state index contributed by atoms with van der Waals surface area (Å²) in [5.74, 6) is 0. The fraction of sp³-hybridized carbons (Fsp3) is 0.909. The quantitative estimate of drug-likeness (QED) is 0.274. The molecule has 122 valence electrons. The van der Waals surface area contributed by atoms with Gasteiger partial charge in [-0.3, -0.25) is 0 Å². The van der Waals surface area contributed by atoms with Crippen LogP contribution in [0.5, 0.6) is 0 Å². The Labute approximate surface area is 150 Å². The second kappa shape index (κ2) is 12.5. The molecule has 0 N–H and O–H groups in total. The van der Waals surface area contributed by atoms with Crippen molar-refractivity contribution in [2.24, 2.45) is 0 Å². The summed E-state index contributed by atoms with van der Waals surface area (Å²) >= 11 is 30.2. The van der Waals surface area contributed by atoms with Gasteiger partial charge < -0.3 is 9.47 Å². The Bertz CT molecular complexity index is 226. The molecule has 0 amide bonds. The van der Waals surface area contributed by atoms with Crippen LogP contribution < -0.4 is 0 Å². The lowest BCUT2D eigenvalue weighted by Gasteiger charge is -2.15. The van der Waals surface area contributed by atoms with E-state index in [0.717, 1.165) is 0 Å². The highest BCUT2D eigenvalue weighted by Crippen LogP contribution is 2.32. The van der Waals surface area contributed by atoms with Gasteiger partial charge in [-0.1, -0.05) is 52.4 Å². The lowest BCUT2D eigenvalue weighted by atomic mass is 10.1. The minimum atomic E-state index is -2.24. The smallest absolute Gasteiger partial charge is 0.382 e. The summed E-state index contributed by atoms with van der Waals surface area (Å²) in [6.45, 7) is 4.51. The number of hydrogen-bond acceptors (Lipinski definition) is 3. The number of halogens is 6. The fourth-order valence-electron chi connectivity index (χ4n) is 1.06. The van der Waals surface area contributed by atoms with Crippen molar-refractivity contribution < 1.29 is 14.3 Å². The molecule has 0 aliphatic rings. The largest absolute Gasteiger partial charge is 0.515 e. The van der Waals surface area contributed by atoms with Gasteiger partial charge in [0.05, 0.1) is 0 Å².